The second-order valence-electron chi connectivity index (χ2n) is 5.17. The van der Waals surface area contributed by atoms with Crippen LogP contribution in [0.2, 0.25) is 0 Å². The zero-order valence-corrected chi connectivity index (χ0v) is 12.9. The lowest BCUT2D eigenvalue weighted by atomic mass is 10.1. The van der Waals surface area contributed by atoms with Gasteiger partial charge in [-0.1, -0.05) is 32.0 Å². The molecule has 2 rings (SSSR count). The molecule has 18 heavy (non-hydrogen) atoms. The number of nitrogens with zero attached hydrogens (tertiary/aromatic N) is 1. The number of aromatic nitrogens is 1. The van der Waals surface area contributed by atoms with Gasteiger partial charge in [-0.2, -0.15) is 0 Å². The highest BCUT2D eigenvalue weighted by Crippen LogP contribution is 2.25. The molecule has 98 valence electrons. The molecule has 1 aromatic carbocycles. The van der Waals surface area contributed by atoms with E-state index in [-0.39, 0.29) is 0 Å². The van der Waals surface area contributed by atoms with Crippen LogP contribution in [-0.4, -0.2) is 17.2 Å². The quantitative estimate of drug-likeness (QED) is 0.882. The molecule has 0 bridgehead atoms. The highest BCUT2D eigenvalue weighted by Gasteiger charge is 2.07. The lowest BCUT2D eigenvalue weighted by Gasteiger charge is -2.17. The molecule has 1 unspecified atom stereocenters. The first-order valence-corrected chi connectivity index (χ1v) is 7.35. The second kappa shape index (κ2) is 5.89. The maximum absolute atomic E-state index is 3.62. The van der Waals surface area contributed by atoms with Crippen LogP contribution < -0.4 is 5.32 Å². The van der Waals surface area contributed by atoms with Gasteiger partial charge in [-0.25, -0.2) is 0 Å². The van der Waals surface area contributed by atoms with Crippen LogP contribution in [-0.2, 0) is 6.54 Å². The van der Waals surface area contributed by atoms with Gasteiger partial charge in [0.15, 0.2) is 0 Å². The molecule has 0 aliphatic heterocycles. The predicted molar refractivity (Wildman–Crippen MR) is 81.9 cm³/mol. The van der Waals surface area contributed by atoms with E-state index in [1.54, 1.807) is 0 Å². The van der Waals surface area contributed by atoms with E-state index in [0.29, 0.717) is 12.0 Å². The van der Waals surface area contributed by atoms with Crippen molar-refractivity contribution in [3.63, 3.8) is 0 Å². The smallest absolute Gasteiger partial charge is 0.0492 e. The molecule has 0 amide bonds. The van der Waals surface area contributed by atoms with Crippen molar-refractivity contribution < 1.29 is 0 Å². The first kappa shape index (κ1) is 13.6. The van der Waals surface area contributed by atoms with Crippen molar-refractivity contribution in [3.8, 4) is 0 Å². The minimum absolute atomic E-state index is 0.565. The van der Waals surface area contributed by atoms with Crippen LogP contribution in [0.4, 0.5) is 0 Å². The third kappa shape index (κ3) is 2.96. The van der Waals surface area contributed by atoms with E-state index in [0.717, 1.165) is 13.1 Å². The zero-order valence-electron chi connectivity index (χ0n) is 11.3. The summed E-state index contributed by atoms with van der Waals surface area (Å²) in [6.45, 7) is 8.75. The summed E-state index contributed by atoms with van der Waals surface area (Å²) in [4.78, 5) is 0. The normalized spacial score (nSPS) is 13.4. The molecule has 0 radical (unpaired) electrons. The molecule has 1 heterocycles. The van der Waals surface area contributed by atoms with E-state index in [4.69, 9.17) is 0 Å². The van der Waals surface area contributed by atoms with E-state index in [1.165, 1.54) is 15.4 Å². The summed E-state index contributed by atoms with van der Waals surface area (Å²) in [6, 6.07) is 9.06. The topological polar surface area (TPSA) is 17.0 Å². The van der Waals surface area contributed by atoms with Crippen LogP contribution in [0.25, 0.3) is 10.9 Å². The molecule has 0 aliphatic carbocycles. The average molecular weight is 309 g/mol. The minimum atomic E-state index is 0.565. The first-order chi connectivity index (χ1) is 8.59. The van der Waals surface area contributed by atoms with E-state index in [1.807, 2.05) is 0 Å². The number of benzene rings is 1. The van der Waals surface area contributed by atoms with Gasteiger partial charge in [0, 0.05) is 40.7 Å². The van der Waals surface area contributed by atoms with Crippen molar-refractivity contribution in [1.29, 1.82) is 0 Å². The van der Waals surface area contributed by atoms with Crippen LogP contribution in [0.3, 0.4) is 0 Å². The van der Waals surface area contributed by atoms with Gasteiger partial charge in [0.1, 0.15) is 0 Å². The number of para-hydroxylation sites is 1. The summed E-state index contributed by atoms with van der Waals surface area (Å²) in [5.74, 6) is 0.679. The highest BCUT2D eigenvalue weighted by molar-refractivity contribution is 9.10. The van der Waals surface area contributed by atoms with Crippen molar-refractivity contribution in [2.75, 3.05) is 6.54 Å². The SMILES string of the molecule is CC(C)C(C)NCCn1cc(Br)c2ccccc21. The molecule has 2 aromatic rings. The van der Waals surface area contributed by atoms with Crippen LogP contribution in [0.15, 0.2) is 34.9 Å². The first-order valence-electron chi connectivity index (χ1n) is 6.56. The Balaban J connectivity index is 2.04. The molecule has 3 heteroatoms. The van der Waals surface area contributed by atoms with Crippen molar-refractivity contribution >= 4 is 26.8 Å². The summed E-state index contributed by atoms with van der Waals surface area (Å²) in [6.07, 6.45) is 2.17. The monoisotopic (exact) mass is 308 g/mol. The van der Waals surface area contributed by atoms with Crippen molar-refractivity contribution in [2.24, 2.45) is 5.92 Å². The maximum atomic E-state index is 3.62. The molecular weight excluding hydrogens is 288 g/mol. The standard InChI is InChI=1S/C15H21BrN2/c1-11(2)12(3)17-8-9-18-10-14(16)13-6-4-5-7-15(13)18/h4-7,10-12,17H,8-9H2,1-3H3. The van der Waals surface area contributed by atoms with Crippen LogP contribution in [0.5, 0.6) is 0 Å². The zero-order chi connectivity index (χ0) is 13.1. The number of nitrogens with one attached hydrogen (secondary N) is 1. The molecule has 0 fully saturated rings. The Labute approximate surface area is 118 Å². The number of fused-ring (bicyclic) bond motifs is 1. The minimum Gasteiger partial charge on any atom is -0.345 e. The molecular formula is C15H21BrN2. The van der Waals surface area contributed by atoms with Gasteiger partial charge in [0.25, 0.3) is 0 Å². The van der Waals surface area contributed by atoms with E-state index in [9.17, 15) is 0 Å². The van der Waals surface area contributed by atoms with Gasteiger partial charge in [-0.3, -0.25) is 0 Å². The Kier molecular flexibility index (Phi) is 4.46. The highest BCUT2D eigenvalue weighted by atomic mass is 79.9. The Hall–Kier alpha value is -0.800. The maximum Gasteiger partial charge on any atom is 0.0492 e. The Bertz CT molecular complexity index is 516. The number of hydrogen-bond donors (Lipinski definition) is 1. The summed E-state index contributed by atoms with van der Waals surface area (Å²) in [5, 5.41) is 4.85. The van der Waals surface area contributed by atoms with Gasteiger partial charge in [-0.05, 0) is 34.8 Å². The third-order valence-corrected chi connectivity index (χ3v) is 4.19. The summed E-state index contributed by atoms with van der Waals surface area (Å²) >= 11 is 3.62. The molecule has 1 N–H and O–H groups in total. The molecule has 0 saturated heterocycles. The van der Waals surface area contributed by atoms with Crippen LogP contribution in [0.1, 0.15) is 20.8 Å². The van der Waals surface area contributed by atoms with Gasteiger partial charge >= 0.3 is 0 Å². The molecule has 0 spiro atoms. The lowest BCUT2D eigenvalue weighted by Crippen LogP contribution is -2.33. The fraction of sp³-hybridized carbons (Fsp3) is 0.467. The number of hydrogen-bond acceptors (Lipinski definition) is 1. The Morgan fingerprint density at radius 1 is 1.22 bits per heavy atom. The van der Waals surface area contributed by atoms with Gasteiger partial charge < -0.3 is 9.88 Å². The summed E-state index contributed by atoms with van der Waals surface area (Å²) < 4.78 is 3.48. The molecule has 0 aliphatic rings. The number of rotatable bonds is 5. The second-order valence-corrected chi connectivity index (χ2v) is 6.03. The largest absolute Gasteiger partial charge is 0.345 e. The number of halogens is 1. The van der Waals surface area contributed by atoms with Crippen LogP contribution >= 0.6 is 15.9 Å². The molecule has 1 aromatic heterocycles. The Morgan fingerprint density at radius 2 is 1.94 bits per heavy atom. The molecule has 0 saturated carbocycles. The predicted octanol–water partition coefficient (Wildman–Crippen LogP) is 4.04. The van der Waals surface area contributed by atoms with Gasteiger partial charge in [0.2, 0.25) is 0 Å². The van der Waals surface area contributed by atoms with E-state index < -0.39 is 0 Å². The third-order valence-electron chi connectivity index (χ3n) is 3.56. The fourth-order valence-electron chi connectivity index (χ4n) is 2.04. The lowest BCUT2D eigenvalue weighted by molar-refractivity contribution is 0.418. The van der Waals surface area contributed by atoms with Crippen LogP contribution in [0, 0.1) is 5.92 Å². The van der Waals surface area contributed by atoms with Crippen molar-refractivity contribution in [1.82, 2.24) is 9.88 Å². The molecule has 2 nitrogen and oxygen atoms in total. The van der Waals surface area contributed by atoms with Crippen molar-refractivity contribution in [3.05, 3.63) is 34.9 Å². The summed E-state index contributed by atoms with van der Waals surface area (Å²) in [7, 11) is 0. The van der Waals surface area contributed by atoms with Gasteiger partial charge in [-0.15, -0.1) is 0 Å². The van der Waals surface area contributed by atoms with E-state index >= 15 is 0 Å². The summed E-state index contributed by atoms with van der Waals surface area (Å²) in [5.41, 5.74) is 1.29. The fourth-order valence-corrected chi connectivity index (χ4v) is 2.62. The van der Waals surface area contributed by atoms with Crippen molar-refractivity contribution in [2.45, 2.75) is 33.4 Å². The van der Waals surface area contributed by atoms with E-state index in [2.05, 4.69) is 77.0 Å². The van der Waals surface area contributed by atoms with Gasteiger partial charge in [0.05, 0.1) is 0 Å². The Morgan fingerprint density at radius 3 is 2.67 bits per heavy atom. The average Bonchev–Trinajstić information content (AvgIpc) is 2.67. The molecule has 1 atom stereocenters.